The van der Waals surface area contributed by atoms with Crippen molar-refractivity contribution in [2.45, 2.75) is 19.4 Å². The fraction of sp³-hybridized carbons (Fsp3) is 0.312. The van der Waals surface area contributed by atoms with Crippen LogP contribution in [-0.4, -0.2) is 40.8 Å². The van der Waals surface area contributed by atoms with Crippen LogP contribution in [0.4, 0.5) is 4.39 Å². The number of carbonyl (C=O) groups is 2. The highest BCUT2D eigenvalue weighted by Crippen LogP contribution is 2.25. The van der Waals surface area contributed by atoms with E-state index in [4.69, 9.17) is 4.42 Å². The summed E-state index contributed by atoms with van der Waals surface area (Å²) in [5.41, 5.74) is 0.678. The van der Waals surface area contributed by atoms with Gasteiger partial charge in [0, 0.05) is 18.7 Å². The van der Waals surface area contributed by atoms with E-state index in [-0.39, 0.29) is 29.1 Å². The number of hydrogen-bond acceptors (Lipinski definition) is 4. The zero-order valence-corrected chi connectivity index (χ0v) is 12.6. The Hall–Kier alpha value is -2.70. The van der Waals surface area contributed by atoms with Gasteiger partial charge < -0.3 is 14.6 Å². The number of rotatable bonds is 2. The number of carbonyl (C=O) groups excluding carboxylic acids is 2. The average molecular weight is 317 g/mol. The summed E-state index contributed by atoms with van der Waals surface area (Å²) in [5.74, 6) is -0.670. The lowest BCUT2D eigenvalue weighted by molar-refractivity contribution is -0.124. The molecular formula is C16H16FN3O3. The van der Waals surface area contributed by atoms with Gasteiger partial charge in [-0.3, -0.25) is 9.59 Å². The molecule has 1 atom stereocenters. The molecule has 0 bridgehead atoms. The summed E-state index contributed by atoms with van der Waals surface area (Å²) in [7, 11) is 0. The van der Waals surface area contributed by atoms with Crippen LogP contribution in [0, 0.1) is 5.82 Å². The molecule has 120 valence electrons. The molecule has 2 heterocycles. The largest absolute Gasteiger partial charge is 0.443 e. The number of hydrogen-bond donors (Lipinski definition) is 1. The molecule has 0 unspecified atom stereocenters. The van der Waals surface area contributed by atoms with Crippen LogP contribution in [0.25, 0.3) is 11.3 Å². The molecule has 0 spiro atoms. The van der Waals surface area contributed by atoms with E-state index in [1.54, 1.807) is 6.92 Å². The summed E-state index contributed by atoms with van der Waals surface area (Å²) in [6.07, 6.45) is 1.85. The van der Waals surface area contributed by atoms with Crippen LogP contribution < -0.4 is 5.32 Å². The molecule has 3 rings (SSSR count). The van der Waals surface area contributed by atoms with Gasteiger partial charge in [-0.25, -0.2) is 9.37 Å². The Bertz CT molecular complexity index is 726. The van der Waals surface area contributed by atoms with E-state index < -0.39 is 6.04 Å². The minimum atomic E-state index is -0.581. The number of amides is 2. The third-order valence-electron chi connectivity index (χ3n) is 3.86. The predicted octanol–water partition coefficient (Wildman–Crippen LogP) is 1.83. The molecule has 1 aromatic carbocycles. The fourth-order valence-corrected chi connectivity index (χ4v) is 2.56. The number of nitrogens with one attached hydrogen (secondary N) is 1. The van der Waals surface area contributed by atoms with Crippen LogP contribution >= 0.6 is 0 Å². The predicted molar refractivity (Wildman–Crippen MR) is 80.0 cm³/mol. The van der Waals surface area contributed by atoms with Crippen LogP contribution in [-0.2, 0) is 4.79 Å². The normalized spacial score (nSPS) is 18.4. The molecular weight excluding hydrogens is 301 g/mol. The van der Waals surface area contributed by atoms with Crippen molar-refractivity contribution < 1.29 is 18.4 Å². The van der Waals surface area contributed by atoms with Crippen molar-refractivity contribution in [2.75, 3.05) is 13.1 Å². The number of halogens is 1. The molecule has 0 saturated carbocycles. The maximum atomic E-state index is 13.1. The molecule has 2 aromatic rings. The Morgan fingerprint density at radius 1 is 1.39 bits per heavy atom. The van der Waals surface area contributed by atoms with Crippen LogP contribution in [0.3, 0.4) is 0 Å². The van der Waals surface area contributed by atoms with Gasteiger partial charge in [0.15, 0.2) is 17.8 Å². The van der Waals surface area contributed by atoms with E-state index >= 15 is 0 Å². The summed E-state index contributed by atoms with van der Waals surface area (Å²) >= 11 is 0. The molecule has 1 N–H and O–H groups in total. The maximum Gasteiger partial charge on any atom is 0.277 e. The lowest BCUT2D eigenvalue weighted by atomic mass is 10.1. The minimum absolute atomic E-state index is 0.123. The van der Waals surface area contributed by atoms with Gasteiger partial charge >= 0.3 is 0 Å². The zero-order chi connectivity index (χ0) is 16.4. The molecule has 1 saturated heterocycles. The Labute approximate surface area is 132 Å². The maximum absolute atomic E-state index is 13.1. The van der Waals surface area contributed by atoms with E-state index in [1.807, 2.05) is 0 Å². The standard InChI is InChI=1S/C16H16FN3O3/c1-10-15(21)18-7-2-8-20(10)16(22)13-14(23-9-19-13)11-3-5-12(17)6-4-11/h3-6,9-10H,2,7-8H2,1H3,(H,18,21)/t10-/m0/s1. The molecule has 0 radical (unpaired) electrons. The first kappa shape index (κ1) is 15.2. The lowest BCUT2D eigenvalue weighted by Gasteiger charge is -2.24. The topological polar surface area (TPSA) is 75.4 Å². The average Bonchev–Trinajstić information content (AvgIpc) is 2.97. The van der Waals surface area contributed by atoms with Crippen molar-refractivity contribution in [3.8, 4) is 11.3 Å². The van der Waals surface area contributed by atoms with E-state index in [0.717, 1.165) is 0 Å². The van der Waals surface area contributed by atoms with E-state index in [2.05, 4.69) is 10.3 Å². The summed E-state index contributed by atoms with van der Waals surface area (Å²) in [6.45, 7) is 2.67. The SMILES string of the molecule is C[C@H]1C(=O)NCCCN1C(=O)c1ncoc1-c1ccc(F)cc1. The number of oxazole rings is 1. The molecule has 7 heteroatoms. The fourth-order valence-electron chi connectivity index (χ4n) is 2.56. The van der Waals surface area contributed by atoms with Crippen molar-refractivity contribution in [1.29, 1.82) is 0 Å². The number of nitrogens with zero attached hydrogens (tertiary/aromatic N) is 2. The molecule has 1 fully saturated rings. The molecule has 6 nitrogen and oxygen atoms in total. The lowest BCUT2D eigenvalue weighted by Crippen LogP contribution is -2.45. The quantitative estimate of drug-likeness (QED) is 0.917. The van der Waals surface area contributed by atoms with Gasteiger partial charge in [-0.15, -0.1) is 0 Å². The third kappa shape index (κ3) is 2.94. The molecule has 2 amide bonds. The van der Waals surface area contributed by atoms with Gasteiger partial charge in [0.05, 0.1) is 0 Å². The summed E-state index contributed by atoms with van der Waals surface area (Å²) in [5, 5.41) is 2.76. The highest BCUT2D eigenvalue weighted by molar-refractivity contribution is 6.00. The van der Waals surface area contributed by atoms with Crippen molar-refractivity contribution in [3.05, 3.63) is 42.2 Å². The first-order chi connectivity index (χ1) is 11.1. The Balaban J connectivity index is 1.93. The summed E-state index contributed by atoms with van der Waals surface area (Å²) in [4.78, 5) is 30.2. The Kier molecular flexibility index (Phi) is 4.10. The van der Waals surface area contributed by atoms with Gasteiger partial charge in [-0.05, 0) is 37.6 Å². The van der Waals surface area contributed by atoms with Crippen molar-refractivity contribution >= 4 is 11.8 Å². The molecule has 1 aliphatic rings. The highest BCUT2D eigenvalue weighted by atomic mass is 19.1. The van der Waals surface area contributed by atoms with Gasteiger partial charge in [0.1, 0.15) is 11.9 Å². The Morgan fingerprint density at radius 2 is 2.13 bits per heavy atom. The molecule has 1 aromatic heterocycles. The van der Waals surface area contributed by atoms with Crippen LogP contribution in [0.5, 0.6) is 0 Å². The second-order valence-electron chi connectivity index (χ2n) is 5.36. The minimum Gasteiger partial charge on any atom is -0.443 e. The second-order valence-corrected chi connectivity index (χ2v) is 5.36. The summed E-state index contributed by atoms with van der Waals surface area (Å²) < 4.78 is 18.4. The summed E-state index contributed by atoms with van der Waals surface area (Å²) in [6, 6.07) is 5.03. The van der Waals surface area contributed by atoms with E-state index in [1.165, 1.54) is 35.6 Å². The van der Waals surface area contributed by atoms with Gasteiger partial charge in [0.25, 0.3) is 5.91 Å². The van der Waals surface area contributed by atoms with Crippen molar-refractivity contribution in [1.82, 2.24) is 15.2 Å². The molecule has 0 aliphatic carbocycles. The number of benzene rings is 1. The van der Waals surface area contributed by atoms with Crippen LogP contribution in [0.2, 0.25) is 0 Å². The molecule has 23 heavy (non-hydrogen) atoms. The second kappa shape index (κ2) is 6.20. The molecule has 1 aliphatic heterocycles. The number of aromatic nitrogens is 1. The monoisotopic (exact) mass is 317 g/mol. The zero-order valence-electron chi connectivity index (χ0n) is 12.6. The van der Waals surface area contributed by atoms with Crippen molar-refractivity contribution in [2.24, 2.45) is 0 Å². The van der Waals surface area contributed by atoms with Crippen LogP contribution in [0.15, 0.2) is 35.1 Å². The van der Waals surface area contributed by atoms with Gasteiger partial charge in [-0.1, -0.05) is 0 Å². The smallest absolute Gasteiger partial charge is 0.277 e. The Morgan fingerprint density at radius 3 is 2.87 bits per heavy atom. The van der Waals surface area contributed by atoms with Crippen LogP contribution in [0.1, 0.15) is 23.8 Å². The first-order valence-corrected chi connectivity index (χ1v) is 7.36. The van der Waals surface area contributed by atoms with E-state index in [0.29, 0.717) is 25.1 Å². The van der Waals surface area contributed by atoms with E-state index in [9.17, 15) is 14.0 Å². The third-order valence-corrected chi connectivity index (χ3v) is 3.86. The first-order valence-electron chi connectivity index (χ1n) is 7.36. The van der Waals surface area contributed by atoms with Gasteiger partial charge in [-0.2, -0.15) is 0 Å². The van der Waals surface area contributed by atoms with Gasteiger partial charge in [0.2, 0.25) is 5.91 Å². The highest BCUT2D eigenvalue weighted by Gasteiger charge is 2.31. The van der Waals surface area contributed by atoms with Crippen molar-refractivity contribution in [3.63, 3.8) is 0 Å².